The highest BCUT2D eigenvalue weighted by Gasteiger charge is 2.31. The number of aromatic nitrogens is 2. The van der Waals surface area contributed by atoms with Gasteiger partial charge in [-0.15, -0.1) is 0 Å². The smallest absolute Gasteiger partial charge is 0.227 e. The topological polar surface area (TPSA) is 49.0 Å². The highest BCUT2D eigenvalue weighted by Crippen LogP contribution is 2.27. The van der Waals surface area contributed by atoms with E-state index in [-0.39, 0.29) is 11.3 Å². The number of hydrogen-bond acceptors (Lipinski definition) is 2. The van der Waals surface area contributed by atoms with Crippen LogP contribution in [0.1, 0.15) is 45.4 Å². The number of nitrogens with zero attached hydrogens (tertiary/aromatic N) is 2. The maximum absolute atomic E-state index is 12.2. The Morgan fingerprint density at radius 2 is 2.29 bits per heavy atom. The molecule has 94 valence electrons. The van der Waals surface area contributed by atoms with Gasteiger partial charge in [-0.1, -0.05) is 20.8 Å². The van der Waals surface area contributed by atoms with Crippen molar-refractivity contribution in [3.8, 4) is 0 Å². The molecule has 1 unspecified atom stereocenters. The molecule has 1 aromatic rings. The minimum atomic E-state index is -0.287. The molecule has 1 aliphatic heterocycles. The summed E-state index contributed by atoms with van der Waals surface area (Å²) in [6.45, 7) is 7.61. The quantitative estimate of drug-likeness (QED) is 0.811. The van der Waals surface area contributed by atoms with Crippen LogP contribution in [0.15, 0.2) is 12.4 Å². The number of H-pyrrole nitrogens is 1. The molecule has 4 nitrogen and oxygen atoms in total. The molecule has 0 spiro atoms. The number of imidazole rings is 1. The molecule has 2 heterocycles. The van der Waals surface area contributed by atoms with Crippen molar-refractivity contribution >= 4 is 5.91 Å². The van der Waals surface area contributed by atoms with E-state index in [1.165, 1.54) is 0 Å². The van der Waals surface area contributed by atoms with Gasteiger partial charge in [-0.2, -0.15) is 0 Å². The van der Waals surface area contributed by atoms with Crippen LogP contribution in [0.5, 0.6) is 0 Å². The van der Waals surface area contributed by atoms with Gasteiger partial charge in [0.15, 0.2) is 0 Å². The maximum atomic E-state index is 12.2. The summed E-state index contributed by atoms with van der Waals surface area (Å²) in [6.07, 6.45) is 5.80. The third-order valence-corrected chi connectivity index (χ3v) is 3.26. The van der Waals surface area contributed by atoms with Gasteiger partial charge in [0.05, 0.1) is 0 Å². The minimum absolute atomic E-state index is 0.244. The summed E-state index contributed by atoms with van der Waals surface area (Å²) in [6, 6.07) is 0. The summed E-state index contributed by atoms with van der Waals surface area (Å²) in [5.74, 6) is 1.62. The van der Waals surface area contributed by atoms with E-state index in [0.717, 1.165) is 31.8 Å². The first kappa shape index (κ1) is 12.1. The van der Waals surface area contributed by atoms with Crippen LogP contribution in [0.4, 0.5) is 0 Å². The van der Waals surface area contributed by atoms with Crippen molar-refractivity contribution in [3.63, 3.8) is 0 Å². The lowest BCUT2D eigenvalue weighted by molar-refractivity contribution is -0.140. The molecule has 1 amide bonds. The predicted octanol–water partition coefficient (Wildman–Crippen LogP) is 2.16. The number of hydrogen-bond donors (Lipinski definition) is 1. The Kier molecular flexibility index (Phi) is 3.22. The zero-order chi connectivity index (χ0) is 12.5. The molecule has 0 saturated carbocycles. The summed E-state index contributed by atoms with van der Waals surface area (Å²) in [7, 11) is 0. The largest absolute Gasteiger partial charge is 0.348 e. The molecule has 0 aliphatic carbocycles. The lowest BCUT2D eigenvalue weighted by Crippen LogP contribution is -2.44. The second-order valence-electron chi connectivity index (χ2n) is 5.81. The van der Waals surface area contributed by atoms with Crippen LogP contribution in [-0.4, -0.2) is 33.9 Å². The monoisotopic (exact) mass is 235 g/mol. The van der Waals surface area contributed by atoms with Crippen molar-refractivity contribution in [2.75, 3.05) is 13.1 Å². The molecule has 0 aromatic carbocycles. The Morgan fingerprint density at radius 3 is 2.88 bits per heavy atom. The van der Waals surface area contributed by atoms with Crippen LogP contribution in [0, 0.1) is 5.41 Å². The van der Waals surface area contributed by atoms with Gasteiger partial charge in [0.2, 0.25) is 5.91 Å². The van der Waals surface area contributed by atoms with E-state index in [2.05, 4.69) is 9.97 Å². The summed E-state index contributed by atoms with van der Waals surface area (Å²) in [5, 5.41) is 0. The Morgan fingerprint density at radius 1 is 1.53 bits per heavy atom. The van der Waals surface area contributed by atoms with Crippen LogP contribution < -0.4 is 0 Å². The first-order valence-corrected chi connectivity index (χ1v) is 6.27. The number of likely N-dealkylation sites (tertiary alicyclic amines) is 1. The van der Waals surface area contributed by atoms with Crippen LogP contribution in [-0.2, 0) is 4.79 Å². The number of amides is 1. The normalized spacial score (nSPS) is 21.6. The van der Waals surface area contributed by atoms with E-state index in [4.69, 9.17) is 0 Å². The first-order chi connectivity index (χ1) is 7.98. The Hall–Kier alpha value is -1.32. The number of aromatic amines is 1. The van der Waals surface area contributed by atoms with Gasteiger partial charge in [-0.25, -0.2) is 4.98 Å². The average Bonchev–Trinajstić information content (AvgIpc) is 2.80. The molecular weight excluding hydrogens is 214 g/mol. The highest BCUT2D eigenvalue weighted by molar-refractivity contribution is 5.81. The van der Waals surface area contributed by atoms with Crippen LogP contribution in [0.3, 0.4) is 0 Å². The SMILES string of the molecule is CC(C)(C)C(=O)N1CCCC(c2ncc[nH]2)C1. The van der Waals surface area contributed by atoms with Crippen molar-refractivity contribution in [2.24, 2.45) is 5.41 Å². The molecule has 0 bridgehead atoms. The van der Waals surface area contributed by atoms with E-state index < -0.39 is 0 Å². The van der Waals surface area contributed by atoms with Gasteiger partial charge < -0.3 is 9.88 Å². The molecule has 1 N–H and O–H groups in total. The molecule has 0 radical (unpaired) electrons. The number of piperidine rings is 1. The Labute approximate surface area is 102 Å². The molecule has 1 aliphatic rings. The van der Waals surface area contributed by atoms with Crippen LogP contribution in [0.25, 0.3) is 0 Å². The van der Waals surface area contributed by atoms with Crippen LogP contribution >= 0.6 is 0 Å². The van der Waals surface area contributed by atoms with E-state index in [0.29, 0.717) is 5.92 Å². The Balaban J connectivity index is 2.05. The van der Waals surface area contributed by atoms with Gasteiger partial charge in [0, 0.05) is 36.8 Å². The lowest BCUT2D eigenvalue weighted by atomic mass is 9.91. The number of carbonyl (C=O) groups is 1. The predicted molar refractivity (Wildman–Crippen MR) is 66.6 cm³/mol. The van der Waals surface area contributed by atoms with Crippen molar-refractivity contribution in [2.45, 2.75) is 39.5 Å². The average molecular weight is 235 g/mol. The van der Waals surface area contributed by atoms with E-state index in [1.54, 1.807) is 6.20 Å². The van der Waals surface area contributed by atoms with Gasteiger partial charge in [0.25, 0.3) is 0 Å². The van der Waals surface area contributed by atoms with Crippen LogP contribution in [0.2, 0.25) is 0 Å². The molecule has 17 heavy (non-hydrogen) atoms. The fourth-order valence-corrected chi connectivity index (χ4v) is 2.36. The summed E-state index contributed by atoms with van der Waals surface area (Å²) in [5.41, 5.74) is -0.287. The maximum Gasteiger partial charge on any atom is 0.227 e. The number of nitrogens with one attached hydrogen (secondary N) is 1. The standard InChI is InChI=1S/C13H21N3O/c1-13(2,3)12(17)16-8-4-5-10(9-16)11-14-6-7-15-11/h6-7,10H,4-5,8-9H2,1-3H3,(H,14,15). The molecule has 1 atom stereocenters. The second kappa shape index (κ2) is 4.51. The van der Waals surface area contributed by atoms with Crippen molar-refractivity contribution in [1.82, 2.24) is 14.9 Å². The van der Waals surface area contributed by atoms with Gasteiger partial charge in [0.1, 0.15) is 5.82 Å². The lowest BCUT2D eigenvalue weighted by Gasteiger charge is -2.35. The van der Waals surface area contributed by atoms with E-state index in [1.807, 2.05) is 31.9 Å². The number of carbonyl (C=O) groups excluding carboxylic acids is 1. The fourth-order valence-electron chi connectivity index (χ4n) is 2.36. The van der Waals surface area contributed by atoms with E-state index in [9.17, 15) is 4.79 Å². The third kappa shape index (κ3) is 2.68. The molecule has 4 heteroatoms. The minimum Gasteiger partial charge on any atom is -0.348 e. The van der Waals surface area contributed by atoms with Crippen molar-refractivity contribution in [1.29, 1.82) is 0 Å². The highest BCUT2D eigenvalue weighted by atomic mass is 16.2. The van der Waals surface area contributed by atoms with E-state index >= 15 is 0 Å². The zero-order valence-electron chi connectivity index (χ0n) is 10.9. The molecule has 1 saturated heterocycles. The Bertz CT molecular complexity index is 378. The number of rotatable bonds is 1. The molecule has 1 aromatic heterocycles. The summed E-state index contributed by atoms with van der Waals surface area (Å²) >= 11 is 0. The zero-order valence-corrected chi connectivity index (χ0v) is 10.9. The van der Waals surface area contributed by atoms with Gasteiger partial charge in [-0.3, -0.25) is 4.79 Å². The third-order valence-electron chi connectivity index (χ3n) is 3.26. The molecular formula is C13H21N3O. The first-order valence-electron chi connectivity index (χ1n) is 6.27. The van der Waals surface area contributed by atoms with Crippen molar-refractivity contribution < 1.29 is 4.79 Å². The van der Waals surface area contributed by atoms with Gasteiger partial charge >= 0.3 is 0 Å². The summed E-state index contributed by atoms with van der Waals surface area (Å²) in [4.78, 5) is 21.7. The van der Waals surface area contributed by atoms with Crippen molar-refractivity contribution in [3.05, 3.63) is 18.2 Å². The van der Waals surface area contributed by atoms with Gasteiger partial charge in [-0.05, 0) is 12.8 Å². The fraction of sp³-hybridized carbons (Fsp3) is 0.692. The second-order valence-corrected chi connectivity index (χ2v) is 5.81. The molecule has 2 rings (SSSR count). The molecule has 1 fully saturated rings. The summed E-state index contributed by atoms with van der Waals surface area (Å²) < 4.78 is 0.